The quantitative estimate of drug-likeness (QED) is 0.833. The number of carbonyl (C=O) groups is 1. The molecule has 1 unspecified atom stereocenters. The van der Waals surface area contributed by atoms with Gasteiger partial charge in [0.2, 0.25) is 0 Å². The van der Waals surface area contributed by atoms with E-state index in [0.717, 1.165) is 11.1 Å². The van der Waals surface area contributed by atoms with Gasteiger partial charge in [0.1, 0.15) is 5.82 Å². The van der Waals surface area contributed by atoms with Crippen molar-refractivity contribution in [2.45, 2.75) is 24.9 Å². The summed E-state index contributed by atoms with van der Waals surface area (Å²) in [5.41, 5.74) is 0.548. The Bertz CT molecular complexity index is 430. The van der Waals surface area contributed by atoms with Gasteiger partial charge in [-0.2, -0.15) is 0 Å². The van der Waals surface area contributed by atoms with Crippen molar-refractivity contribution >= 4 is 5.97 Å². The number of rotatable bonds is 2. The maximum Gasteiger partial charge on any atom is 0.336 e. The zero-order valence-electron chi connectivity index (χ0n) is 9.00. The minimum atomic E-state index is -1.19. The van der Waals surface area contributed by atoms with Gasteiger partial charge in [0.25, 0.3) is 0 Å². The van der Waals surface area contributed by atoms with E-state index in [-0.39, 0.29) is 12.2 Å². The highest BCUT2D eigenvalue weighted by molar-refractivity contribution is 5.78. The zero-order chi connectivity index (χ0) is 11.8. The first-order valence-electron chi connectivity index (χ1n) is 5.13. The fourth-order valence-electron chi connectivity index (χ4n) is 2.18. The molecule has 1 aromatic carbocycles. The Morgan fingerprint density at radius 1 is 1.50 bits per heavy atom. The van der Waals surface area contributed by atoms with Crippen LogP contribution in [0.3, 0.4) is 0 Å². The molecule has 1 aromatic rings. The molecule has 0 saturated carbocycles. The molecule has 0 aliphatic heterocycles. The van der Waals surface area contributed by atoms with Gasteiger partial charge < -0.3 is 9.84 Å². The van der Waals surface area contributed by atoms with Crippen molar-refractivity contribution in [2.24, 2.45) is 0 Å². The lowest BCUT2D eigenvalue weighted by Gasteiger charge is -2.33. The van der Waals surface area contributed by atoms with Crippen molar-refractivity contribution in [1.82, 2.24) is 0 Å². The number of carboxylic acids is 1. The summed E-state index contributed by atoms with van der Waals surface area (Å²) >= 11 is 0. The number of aliphatic carboxylic acids is 1. The SMILES string of the molecule is COC1(C(=O)O)CCc2ccc(F)cc2C1. The van der Waals surface area contributed by atoms with Crippen molar-refractivity contribution in [3.8, 4) is 0 Å². The first kappa shape index (κ1) is 11.1. The second-order valence-electron chi connectivity index (χ2n) is 4.09. The maximum absolute atomic E-state index is 13.1. The van der Waals surface area contributed by atoms with Gasteiger partial charge >= 0.3 is 5.97 Å². The summed E-state index contributed by atoms with van der Waals surface area (Å²) in [6.07, 6.45) is 1.26. The van der Waals surface area contributed by atoms with E-state index in [1.165, 1.54) is 19.2 Å². The van der Waals surface area contributed by atoms with Crippen LogP contribution >= 0.6 is 0 Å². The lowest BCUT2D eigenvalue weighted by Crippen LogP contribution is -2.45. The van der Waals surface area contributed by atoms with Crippen LogP contribution in [0.2, 0.25) is 0 Å². The minimum Gasteiger partial charge on any atom is -0.479 e. The standard InChI is InChI=1S/C12H13FO3/c1-16-12(11(14)15)5-4-8-2-3-10(13)6-9(8)7-12/h2-3,6H,4-5,7H2,1H3,(H,14,15). The smallest absolute Gasteiger partial charge is 0.336 e. The summed E-state index contributed by atoms with van der Waals surface area (Å²) in [5.74, 6) is -1.32. The number of methoxy groups -OCH3 is 1. The molecular weight excluding hydrogens is 211 g/mol. The Morgan fingerprint density at radius 2 is 2.25 bits per heavy atom. The van der Waals surface area contributed by atoms with Crippen molar-refractivity contribution in [1.29, 1.82) is 0 Å². The third-order valence-electron chi connectivity index (χ3n) is 3.22. The third kappa shape index (κ3) is 1.69. The van der Waals surface area contributed by atoms with Gasteiger partial charge in [0, 0.05) is 13.5 Å². The molecule has 3 nitrogen and oxygen atoms in total. The molecule has 1 aliphatic rings. The summed E-state index contributed by atoms with van der Waals surface area (Å²) in [4.78, 5) is 11.2. The summed E-state index contributed by atoms with van der Waals surface area (Å²) in [6, 6.07) is 4.51. The van der Waals surface area contributed by atoms with Gasteiger partial charge in [-0.1, -0.05) is 6.07 Å². The van der Waals surface area contributed by atoms with E-state index in [1.54, 1.807) is 6.07 Å². The van der Waals surface area contributed by atoms with E-state index in [0.29, 0.717) is 12.8 Å². The average molecular weight is 224 g/mol. The largest absolute Gasteiger partial charge is 0.479 e. The molecule has 0 radical (unpaired) electrons. The maximum atomic E-state index is 13.1. The molecule has 86 valence electrons. The number of aryl methyl sites for hydroxylation is 1. The predicted molar refractivity (Wildman–Crippen MR) is 55.8 cm³/mol. The van der Waals surface area contributed by atoms with Crippen LogP contribution in [-0.2, 0) is 22.4 Å². The molecule has 0 fully saturated rings. The van der Waals surface area contributed by atoms with E-state index in [2.05, 4.69) is 0 Å². The molecule has 0 amide bonds. The molecule has 1 N–H and O–H groups in total. The van der Waals surface area contributed by atoms with Crippen molar-refractivity contribution in [3.63, 3.8) is 0 Å². The van der Waals surface area contributed by atoms with Crippen LogP contribution in [0.15, 0.2) is 18.2 Å². The van der Waals surface area contributed by atoms with Crippen LogP contribution in [0.25, 0.3) is 0 Å². The van der Waals surface area contributed by atoms with E-state index in [1.807, 2.05) is 0 Å². The Hall–Kier alpha value is -1.42. The highest BCUT2D eigenvalue weighted by Crippen LogP contribution is 2.31. The summed E-state index contributed by atoms with van der Waals surface area (Å²) in [5, 5.41) is 9.16. The summed E-state index contributed by atoms with van der Waals surface area (Å²) < 4.78 is 18.2. The lowest BCUT2D eigenvalue weighted by molar-refractivity contribution is -0.163. The van der Waals surface area contributed by atoms with Crippen molar-refractivity contribution < 1.29 is 19.0 Å². The summed E-state index contributed by atoms with van der Waals surface area (Å²) in [6.45, 7) is 0. The van der Waals surface area contributed by atoms with Crippen LogP contribution < -0.4 is 0 Å². The minimum absolute atomic E-state index is 0.228. The Morgan fingerprint density at radius 3 is 2.88 bits per heavy atom. The van der Waals surface area contributed by atoms with Crippen LogP contribution in [0.4, 0.5) is 4.39 Å². The second-order valence-corrected chi connectivity index (χ2v) is 4.09. The number of benzene rings is 1. The van der Waals surface area contributed by atoms with E-state index < -0.39 is 11.6 Å². The Balaban J connectivity index is 2.38. The molecule has 0 spiro atoms. The summed E-state index contributed by atoms with van der Waals surface area (Å²) in [7, 11) is 1.39. The van der Waals surface area contributed by atoms with Gasteiger partial charge in [-0.25, -0.2) is 9.18 Å². The number of fused-ring (bicyclic) bond motifs is 1. The van der Waals surface area contributed by atoms with E-state index in [9.17, 15) is 9.18 Å². The zero-order valence-corrected chi connectivity index (χ0v) is 9.00. The lowest BCUT2D eigenvalue weighted by atomic mass is 9.80. The first-order chi connectivity index (χ1) is 7.57. The number of halogens is 1. The van der Waals surface area contributed by atoms with Gasteiger partial charge in [0.05, 0.1) is 0 Å². The molecule has 0 heterocycles. The molecule has 0 saturated heterocycles. The van der Waals surface area contributed by atoms with Crippen LogP contribution in [0.5, 0.6) is 0 Å². The molecule has 16 heavy (non-hydrogen) atoms. The van der Waals surface area contributed by atoms with Crippen molar-refractivity contribution in [3.05, 3.63) is 35.1 Å². The Labute approximate surface area is 92.9 Å². The van der Waals surface area contributed by atoms with Crippen LogP contribution in [0, 0.1) is 5.82 Å². The molecule has 2 rings (SSSR count). The molecular formula is C12H13FO3. The highest BCUT2D eigenvalue weighted by atomic mass is 19.1. The first-order valence-corrected chi connectivity index (χ1v) is 5.13. The predicted octanol–water partition coefficient (Wildman–Crippen LogP) is 1.78. The van der Waals surface area contributed by atoms with Gasteiger partial charge in [-0.3, -0.25) is 0 Å². The highest BCUT2D eigenvalue weighted by Gasteiger charge is 2.41. The molecule has 0 bridgehead atoms. The number of ether oxygens (including phenoxy) is 1. The number of hydrogen-bond donors (Lipinski definition) is 1. The normalized spacial score (nSPS) is 23.9. The second kappa shape index (κ2) is 3.87. The van der Waals surface area contributed by atoms with Crippen molar-refractivity contribution in [2.75, 3.05) is 7.11 Å². The molecule has 1 aliphatic carbocycles. The van der Waals surface area contributed by atoms with Crippen LogP contribution in [-0.4, -0.2) is 23.8 Å². The van der Waals surface area contributed by atoms with Gasteiger partial charge in [0.15, 0.2) is 5.60 Å². The van der Waals surface area contributed by atoms with Gasteiger partial charge in [-0.05, 0) is 36.1 Å². The topological polar surface area (TPSA) is 46.5 Å². The molecule has 4 heteroatoms. The third-order valence-corrected chi connectivity index (χ3v) is 3.22. The van der Waals surface area contributed by atoms with E-state index >= 15 is 0 Å². The average Bonchev–Trinajstić information content (AvgIpc) is 2.27. The van der Waals surface area contributed by atoms with E-state index in [4.69, 9.17) is 9.84 Å². The molecule has 1 atom stereocenters. The van der Waals surface area contributed by atoms with Crippen LogP contribution in [0.1, 0.15) is 17.5 Å². The Kier molecular flexibility index (Phi) is 2.68. The fourth-order valence-corrected chi connectivity index (χ4v) is 2.18. The van der Waals surface area contributed by atoms with Gasteiger partial charge in [-0.15, -0.1) is 0 Å². The fraction of sp³-hybridized carbons (Fsp3) is 0.417. The monoisotopic (exact) mass is 224 g/mol. The molecule has 0 aromatic heterocycles. The number of hydrogen-bond acceptors (Lipinski definition) is 2. The number of carboxylic acid groups (broad SMARTS) is 1.